The second-order valence-electron chi connectivity index (χ2n) is 4.62. The zero-order valence-electron chi connectivity index (χ0n) is 11.3. The van der Waals surface area contributed by atoms with E-state index in [2.05, 4.69) is 9.97 Å². The second-order valence-corrected chi connectivity index (χ2v) is 4.62. The molecule has 0 fully saturated rings. The standard InChI is InChI=1S/C16H11N3O2/c1-10-6-7-15(21-10)16(20)11(8-17)14-9-18-12-4-2-3-5-13(12)19-14/h2-7,9,11H,1H3. The van der Waals surface area contributed by atoms with Crippen molar-refractivity contribution in [1.29, 1.82) is 5.26 Å². The number of ketones is 1. The lowest BCUT2D eigenvalue weighted by atomic mass is 10.0. The molecule has 2 heterocycles. The highest BCUT2D eigenvalue weighted by Gasteiger charge is 2.26. The molecule has 21 heavy (non-hydrogen) atoms. The van der Waals surface area contributed by atoms with Crippen LogP contribution in [0.25, 0.3) is 11.0 Å². The number of furan rings is 1. The Morgan fingerprint density at radius 2 is 2.00 bits per heavy atom. The Balaban J connectivity index is 2.02. The van der Waals surface area contributed by atoms with E-state index in [-0.39, 0.29) is 5.76 Å². The Morgan fingerprint density at radius 1 is 1.24 bits per heavy atom. The Labute approximate surface area is 120 Å². The lowest BCUT2D eigenvalue weighted by molar-refractivity contribution is 0.0949. The lowest BCUT2D eigenvalue weighted by Gasteiger charge is -2.06. The Bertz CT molecular complexity index is 861. The lowest BCUT2D eigenvalue weighted by Crippen LogP contribution is -2.12. The van der Waals surface area contributed by atoms with Crippen LogP contribution in [0.1, 0.15) is 27.9 Å². The minimum absolute atomic E-state index is 0.161. The average Bonchev–Trinajstić information content (AvgIpc) is 2.94. The summed E-state index contributed by atoms with van der Waals surface area (Å²) in [5.74, 6) is -0.642. The second kappa shape index (κ2) is 5.17. The van der Waals surface area contributed by atoms with Crippen LogP contribution in [0.5, 0.6) is 0 Å². The van der Waals surface area contributed by atoms with Gasteiger partial charge in [-0.05, 0) is 31.2 Å². The number of nitriles is 1. The third-order valence-corrected chi connectivity index (χ3v) is 3.14. The molecule has 0 saturated carbocycles. The van der Waals surface area contributed by atoms with E-state index in [0.717, 1.165) is 5.52 Å². The fraction of sp³-hybridized carbons (Fsp3) is 0.125. The van der Waals surface area contributed by atoms with Gasteiger partial charge >= 0.3 is 0 Å². The van der Waals surface area contributed by atoms with Crippen molar-refractivity contribution in [2.75, 3.05) is 0 Å². The Kier molecular flexibility index (Phi) is 3.20. The van der Waals surface area contributed by atoms with Gasteiger partial charge in [0.2, 0.25) is 5.78 Å². The molecule has 1 atom stereocenters. The SMILES string of the molecule is Cc1ccc(C(=O)C(C#N)c2cnc3ccccc3n2)o1. The van der Waals surface area contributed by atoms with Gasteiger partial charge in [-0.2, -0.15) is 5.26 Å². The smallest absolute Gasteiger partial charge is 0.221 e. The maximum atomic E-state index is 12.3. The normalized spacial score (nSPS) is 12.0. The molecule has 0 bridgehead atoms. The van der Waals surface area contributed by atoms with Crippen molar-refractivity contribution >= 4 is 16.8 Å². The number of rotatable bonds is 3. The van der Waals surface area contributed by atoms with Gasteiger partial charge in [-0.15, -0.1) is 0 Å². The molecule has 2 aromatic heterocycles. The van der Waals surface area contributed by atoms with Crippen LogP contribution in [0.2, 0.25) is 0 Å². The van der Waals surface area contributed by atoms with Crippen LogP contribution in [0.15, 0.2) is 47.0 Å². The summed E-state index contributed by atoms with van der Waals surface area (Å²) in [6, 6.07) is 12.5. The summed E-state index contributed by atoms with van der Waals surface area (Å²) in [5, 5.41) is 9.31. The molecule has 0 aliphatic heterocycles. The fourth-order valence-corrected chi connectivity index (χ4v) is 2.08. The number of aryl methyl sites for hydroxylation is 1. The predicted octanol–water partition coefficient (Wildman–Crippen LogP) is 3.02. The van der Waals surface area contributed by atoms with Crippen molar-refractivity contribution in [2.45, 2.75) is 12.8 Å². The highest BCUT2D eigenvalue weighted by Crippen LogP contribution is 2.21. The summed E-state index contributed by atoms with van der Waals surface area (Å²) in [5.41, 5.74) is 1.70. The van der Waals surface area contributed by atoms with Crippen molar-refractivity contribution in [1.82, 2.24) is 9.97 Å². The van der Waals surface area contributed by atoms with Gasteiger partial charge in [0.1, 0.15) is 5.76 Å². The van der Waals surface area contributed by atoms with Gasteiger partial charge in [0.15, 0.2) is 11.7 Å². The first-order valence-corrected chi connectivity index (χ1v) is 6.41. The molecule has 0 aliphatic carbocycles. The summed E-state index contributed by atoms with van der Waals surface area (Å²) in [4.78, 5) is 20.9. The van der Waals surface area contributed by atoms with E-state index in [0.29, 0.717) is 17.0 Å². The summed E-state index contributed by atoms with van der Waals surface area (Å²) in [6.45, 7) is 1.74. The fourth-order valence-electron chi connectivity index (χ4n) is 2.08. The number of para-hydroxylation sites is 2. The van der Waals surface area contributed by atoms with Crippen LogP contribution in [0, 0.1) is 18.3 Å². The van der Waals surface area contributed by atoms with Crippen LogP contribution < -0.4 is 0 Å². The molecule has 1 unspecified atom stereocenters. The van der Waals surface area contributed by atoms with Gasteiger partial charge in [0.25, 0.3) is 0 Å². The molecule has 3 rings (SSSR count). The van der Waals surface area contributed by atoms with Crippen molar-refractivity contribution in [2.24, 2.45) is 0 Å². The monoisotopic (exact) mass is 277 g/mol. The molecular formula is C16H11N3O2. The van der Waals surface area contributed by atoms with Crippen LogP contribution in [0.3, 0.4) is 0 Å². The quantitative estimate of drug-likeness (QED) is 0.687. The molecule has 0 saturated heterocycles. The van der Waals surface area contributed by atoms with Crippen LogP contribution in [-0.2, 0) is 0 Å². The van der Waals surface area contributed by atoms with Crippen LogP contribution >= 0.6 is 0 Å². The topological polar surface area (TPSA) is 79.8 Å². The van der Waals surface area contributed by atoms with Crippen LogP contribution in [-0.4, -0.2) is 15.8 Å². The van der Waals surface area contributed by atoms with Gasteiger partial charge in [0, 0.05) is 0 Å². The molecule has 5 nitrogen and oxygen atoms in total. The van der Waals surface area contributed by atoms with E-state index in [1.165, 1.54) is 6.20 Å². The number of nitrogens with zero attached hydrogens (tertiary/aromatic N) is 3. The number of aromatic nitrogens is 2. The van der Waals surface area contributed by atoms with Gasteiger partial charge in [-0.1, -0.05) is 12.1 Å². The molecule has 0 amide bonds. The molecule has 0 aliphatic rings. The number of hydrogen-bond acceptors (Lipinski definition) is 5. The van der Waals surface area contributed by atoms with E-state index in [4.69, 9.17) is 4.42 Å². The summed E-state index contributed by atoms with van der Waals surface area (Å²) >= 11 is 0. The van der Waals surface area contributed by atoms with Gasteiger partial charge in [0.05, 0.1) is 29.0 Å². The van der Waals surface area contributed by atoms with Crippen molar-refractivity contribution in [3.05, 3.63) is 59.8 Å². The van der Waals surface area contributed by atoms with E-state index in [1.807, 2.05) is 24.3 Å². The first-order chi connectivity index (χ1) is 10.2. The van der Waals surface area contributed by atoms with E-state index < -0.39 is 11.7 Å². The number of carbonyl (C=O) groups is 1. The summed E-state index contributed by atoms with van der Waals surface area (Å²) in [7, 11) is 0. The zero-order valence-corrected chi connectivity index (χ0v) is 11.3. The number of fused-ring (bicyclic) bond motifs is 1. The minimum Gasteiger partial charge on any atom is -0.458 e. The molecular weight excluding hydrogens is 266 g/mol. The van der Waals surface area contributed by atoms with Crippen molar-refractivity contribution < 1.29 is 9.21 Å². The average molecular weight is 277 g/mol. The summed E-state index contributed by atoms with van der Waals surface area (Å²) in [6.07, 6.45) is 1.46. The zero-order chi connectivity index (χ0) is 14.8. The molecule has 0 spiro atoms. The first-order valence-electron chi connectivity index (χ1n) is 6.41. The number of Topliss-reactive ketones (excluding diaryl/α,β-unsaturated/α-hetero) is 1. The molecule has 5 heteroatoms. The predicted molar refractivity (Wildman–Crippen MR) is 75.7 cm³/mol. The summed E-state index contributed by atoms with van der Waals surface area (Å²) < 4.78 is 5.29. The molecule has 0 radical (unpaired) electrons. The third kappa shape index (κ3) is 2.39. The molecule has 0 N–H and O–H groups in total. The molecule has 3 aromatic rings. The van der Waals surface area contributed by atoms with E-state index in [9.17, 15) is 10.1 Å². The van der Waals surface area contributed by atoms with Crippen molar-refractivity contribution in [3.8, 4) is 6.07 Å². The maximum Gasteiger partial charge on any atom is 0.221 e. The number of carbonyl (C=O) groups excluding carboxylic acids is 1. The largest absolute Gasteiger partial charge is 0.458 e. The van der Waals surface area contributed by atoms with Crippen molar-refractivity contribution in [3.63, 3.8) is 0 Å². The molecule has 102 valence electrons. The third-order valence-electron chi connectivity index (χ3n) is 3.14. The Morgan fingerprint density at radius 3 is 2.67 bits per heavy atom. The van der Waals surface area contributed by atoms with E-state index >= 15 is 0 Å². The minimum atomic E-state index is -1.02. The van der Waals surface area contributed by atoms with E-state index in [1.54, 1.807) is 25.1 Å². The molecule has 1 aromatic carbocycles. The highest BCUT2D eigenvalue weighted by atomic mass is 16.3. The number of benzene rings is 1. The first kappa shape index (κ1) is 13.0. The highest BCUT2D eigenvalue weighted by molar-refractivity contribution is 6.00. The Hall–Kier alpha value is -3.00. The maximum absolute atomic E-state index is 12.3. The van der Waals surface area contributed by atoms with Gasteiger partial charge < -0.3 is 4.42 Å². The number of hydrogen-bond donors (Lipinski definition) is 0. The van der Waals surface area contributed by atoms with Crippen LogP contribution in [0.4, 0.5) is 0 Å². The van der Waals surface area contributed by atoms with Gasteiger partial charge in [-0.3, -0.25) is 9.78 Å². The van der Waals surface area contributed by atoms with Gasteiger partial charge in [-0.25, -0.2) is 4.98 Å².